The Hall–Kier alpha value is -5.24. The van der Waals surface area contributed by atoms with Crippen LogP contribution in [0.25, 0.3) is 75.8 Å². The second-order valence-electron chi connectivity index (χ2n) is 11.7. The summed E-state index contributed by atoms with van der Waals surface area (Å²) in [4.78, 5) is 0. The van der Waals surface area contributed by atoms with Crippen molar-refractivity contribution in [1.82, 2.24) is 0 Å². The van der Waals surface area contributed by atoms with Crippen LogP contribution in [0.3, 0.4) is 0 Å². The van der Waals surface area contributed by atoms with E-state index in [0.717, 1.165) is 6.42 Å². The average molecular weight is 577 g/mol. The fourth-order valence-corrected chi connectivity index (χ4v) is 8.29. The standard InChI is InChI=1S/C43H28S/c1-2-9-28(10-3-1)29-19-21-30(22-20-29)31-12-6-13-33(25-31)37-15-7-17-39-40-18-8-16-38(43(40)44-42(37)39)35-24-23-34-26-32-11-4-5-14-36(32)41(34)27-35/h1-25,27H,26H2. The molecule has 0 nitrogen and oxygen atoms in total. The number of hydrogen-bond donors (Lipinski definition) is 0. The molecular formula is C43H28S. The molecule has 7 aromatic carbocycles. The van der Waals surface area contributed by atoms with Crippen LogP contribution < -0.4 is 0 Å². The summed E-state index contributed by atoms with van der Waals surface area (Å²) in [6.45, 7) is 0. The fraction of sp³-hybridized carbons (Fsp3) is 0.0233. The lowest BCUT2D eigenvalue weighted by atomic mass is 9.95. The largest absolute Gasteiger partial charge is 0.134 e. The van der Waals surface area contributed by atoms with Gasteiger partial charge in [-0.05, 0) is 85.3 Å². The van der Waals surface area contributed by atoms with Crippen molar-refractivity contribution in [3.8, 4) is 55.6 Å². The molecule has 0 saturated carbocycles. The third-order valence-electron chi connectivity index (χ3n) is 9.13. The predicted molar refractivity (Wildman–Crippen MR) is 189 cm³/mol. The number of thiophene rings is 1. The van der Waals surface area contributed by atoms with Gasteiger partial charge in [-0.25, -0.2) is 0 Å². The summed E-state index contributed by atoms with van der Waals surface area (Å²) in [5, 5.41) is 2.66. The number of fused-ring (bicyclic) bond motifs is 6. The Balaban J connectivity index is 1.13. The van der Waals surface area contributed by atoms with E-state index in [4.69, 9.17) is 0 Å². The van der Waals surface area contributed by atoms with Crippen molar-refractivity contribution in [1.29, 1.82) is 0 Å². The van der Waals surface area contributed by atoms with Crippen molar-refractivity contribution in [2.45, 2.75) is 6.42 Å². The summed E-state index contributed by atoms with van der Waals surface area (Å²) in [6, 6.07) is 58.0. The summed E-state index contributed by atoms with van der Waals surface area (Å²) in [5.74, 6) is 0. The molecule has 1 heterocycles. The summed E-state index contributed by atoms with van der Waals surface area (Å²) < 4.78 is 2.70. The maximum absolute atomic E-state index is 2.41. The van der Waals surface area contributed by atoms with Gasteiger partial charge in [0.25, 0.3) is 0 Å². The molecule has 0 bridgehead atoms. The highest BCUT2D eigenvalue weighted by Crippen LogP contribution is 2.46. The van der Waals surface area contributed by atoms with Gasteiger partial charge in [0.2, 0.25) is 0 Å². The fourth-order valence-electron chi connectivity index (χ4n) is 6.92. The first kappa shape index (κ1) is 25.3. The Bertz CT molecular complexity index is 2340. The zero-order valence-electron chi connectivity index (χ0n) is 24.1. The zero-order chi connectivity index (χ0) is 29.0. The first-order valence-corrected chi connectivity index (χ1v) is 16.0. The third kappa shape index (κ3) is 4.12. The average Bonchev–Trinajstić information content (AvgIpc) is 3.67. The van der Waals surface area contributed by atoms with Gasteiger partial charge in [-0.2, -0.15) is 0 Å². The zero-order valence-corrected chi connectivity index (χ0v) is 24.9. The van der Waals surface area contributed by atoms with Crippen molar-refractivity contribution in [3.05, 3.63) is 169 Å². The van der Waals surface area contributed by atoms with Gasteiger partial charge in [0.1, 0.15) is 0 Å². The van der Waals surface area contributed by atoms with Crippen molar-refractivity contribution in [2.24, 2.45) is 0 Å². The van der Waals surface area contributed by atoms with Crippen molar-refractivity contribution >= 4 is 31.5 Å². The first-order chi connectivity index (χ1) is 21.8. The van der Waals surface area contributed by atoms with Crippen LogP contribution in [0.5, 0.6) is 0 Å². The normalized spacial score (nSPS) is 12.0. The van der Waals surface area contributed by atoms with Gasteiger partial charge < -0.3 is 0 Å². The Morgan fingerprint density at radius 2 is 0.818 bits per heavy atom. The molecule has 1 heteroatoms. The molecule has 0 aliphatic heterocycles. The smallest absolute Gasteiger partial charge is 0.0434 e. The maximum Gasteiger partial charge on any atom is 0.0434 e. The maximum atomic E-state index is 2.41. The molecule has 0 radical (unpaired) electrons. The Kier molecular flexibility index (Phi) is 5.85. The highest BCUT2D eigenvalue weighted by Gasteiger charge is 2.20. The van der Waals surface area contributed by atoms with Crippen LogP contribution in [0.1, 0.15) is 11.1 Å². The van der Waals surface area contributed by atoms with Gasteiger partial charge in [0.15, 0.2) is 0 Å². The lowest BCUT2D eigenvalue weighted by Gasteiger charge is -2.08. The topological polar surface area (TPSA) is 0 Å². The molecule has 206 valence electrons. The van der Waals surface area contributed by atoms with Crippen LogP contribution in [0.4, 0.5) is 0 Å². The quantitative estimate of drug-likeness (QED) is 0.195. The second kappa shape index (κ2) is 10.2. The van der Waals surface area contributed by atoms with Crippen molar-refractivity contribution in [3.63, 3.8) is 0 Å². The minimum Gasteiger partial charge on any atom is -0.134 e. The van der Waals surface area contributed by atoms with E-state index in [-0.39, 0.29) is 0 Å². The van der Waals surface area contributed by atoms with Gasteiger partial charge in [0, 0.05) is 20.2 Å². The number of benzene rings is 7. The molecule has 0 atom stereocenters. The number of hydrogen-bond acceptors (Lipinski definition) is 1. The van der Waals surface area contributed by atoms with E-state index in [1.165, 1.54) is 86.9 Å². The predicted octanol–water partition coefficient (Wildman–Crippen LogP) is 12.3. The van der Waals surface area contributed by atoms with Gasteiger partial charge in [-0.15, -0.1) is 11.3 Å². The molecule has 0 spiro atoms. The Labute approximate surface area is 261 Å². The van der Waals surface area contributed by atoms with E-state index in [9.17, 15) is 0 Å². The number of rotatable bonds is 4. The minimum absolute atomic E-state index is 1.03. The summed E-state index contributed by atoms with van der Waals surface area (Å²) in [5.41, 5.74) is 15.7. The molecule has 1 aliphatic rings. The molecule has 0 saturated heterocycles. The van der Waals surface area contributed by atoms with Gasteiger partial charge >= 0.3 is 0 Å². The van der Waals surface area contributed by atoms with Gasteiger partial charge in [-0.3, -0.25) is 0 Å². The highest BCUT2D eigenvalue weighted by atomic mass is 32.1. The molecule has 8 aromatic rings. The lowest BCUT2D eigenvalue weighted by molar-refractivity contribution is 1.26. The molecule has 1 aromatic heterocycles. The van der Waals surface area contributed by atoms with E-state index in [2.05, 4.69) is 158 Å². The third-order valence-corrected chi connectivity index (χ3v) is 10.4. The van der Waals surface area contributed by atoms with E-state index < -0.39 is 0 Å². The first-order valence-electron chi connectivity index (χ1n) is 15.2. The monoisotopic (exact) mass is 576 g/mol. The lowest BCUT2D eigenvalue weighted by Crippen LogP contribution is -1.83. The summed E-state index contributed by atoms with van der Waals surface area (Å²) >= 11 is 1.92. The van der Waals surface area contributed by atoms with E-state index in [1.54, 1.807) is 0 Å². The molecule has 9 rings (SSSR count). The van der Waals surface area contributed by atoms with Crippen LogP contribution in [0.2, 0.25) is 0 Å². The molecule has 1 aliphatic carbocycles. The molecular weight excluding hydrogens is 549 g/mol. The van der Waals surface area contributed by atoms with Gasteiger partial charge in [-0.1, -0.05) is 146 Å². The highest BCUT2D eigenvalue weighted by molar-refractivity contribution is 7.26. The van der Waals surface area contributed by atoms with E-state index in [0.29, 0.717) is 0 Å². The SMILES string of the molecule is c1ccc(-c2ccc(-c3cccc(-c4cccc5c4sc4c(-c6ccc7c(c6)-c6ccccc6C7)cccc45)c3)cc2)cc1. The summed E-state index contributed by atoms with van der Waals surface area (Å²) in [6.07, 6.45) is 1.03. The summed E-state index contributed by atoms with van der Waals surface area (Å²) in [7, 11) is 0. The van der Waals surface area contributed by atoms with Crippen LogP contribution in [0, 0.1) is 0 Å². The molecule has 0 amide bonds. The van der Waals surface area contributed by atoms with Crippen LogP contribution in [0.15, 0.2) is 158 Å². The van der Waals surface area contributed by atoms with Crippen LogP contribution in [-0.2, 0) is 6.42 Å². The Morgan fingerprint density at radius 3 is 1.57 bits per heavy atom. The van der Waals surface area contributed by atoms with E-state index in [1.807, 2.05) is 11.3 Å². The van der Waals surface area contributed by atoms with E-state index >= 15 is 0 Å². The van der Waals surface area contributed by atoms with Crippen LogP contribution >= 0.6 is 11.3 Å². The molecule has 44 heavy (non-hydrogen) atoms. The van der Waals surface area contributed by atoms with Crippen molar-refractivity contribution < 1.29 is 0 Å². The van der Waals surface area contributed by atoms with Crippen molar-refractivity contribution in [2.75, 3.05) is 0 Å². The second-order valence-corrected chi connectivity index (χ2v) is 12.7. The van der Waals surface area contributed by atoms with Gasteiger partial charge in [0.05, 0.1) is 0 Å². The molecule has 0 N–H and O–H groups in total. The van der Waals surface area contributed by atoms with Crippen LogP contribution in [-0.4, -0.2) is 0 Å². The molecule has 0 fully saturated rings. The minimum atomic E-state index is 1.03. The Morgan fingerprint density at radius 1 is 0.318 bits per heavy atom. The molecule has 0 unspecified atom stereocenters.